The second-order valence-corrected chi connectivity index (χ2v) is 11.6. The predicted octanol–water partition coefficient (Wildman–Crippen LogP) is 7.12. The first-order chi connectivity index (χ1) is 18.2. The molecule has 0 saturated carbocycles. The van der Waals surface area contributed by atoms with E-state index < -0.39 is 12.1 Å². The average molecular weight is 569 g/mol. The van der Waals surface area contributed by atoms with Crippen LogP contribution in [0.1, 0.15) is 48.0 Å². The zero-order chi connectivity index (χ0) is 26.9. The van der Waals surface area contributed by atoms with Crippen LogP contribution in [0.5, 0.6) is 0 Å². The first-order valence-corrected chi connectivity index (χ1v) is 14.2. The number of carbonyl (C=O) groups excluding carboxylic acids is 1. The Morgan fingerprint density at radius 1 is 0.895 bits per heavy atom. The smallest absolute Gasteiger partial charge is 0.381 e. The standard InChI is InChI=1S/C29H33Cl2F3N2O2/c30-26-16-22(17-27(31)25(26)15-19-5-10-36(18-19)24-8-13-38-14-9-24)20-1-3-21(4-2-20)28(37)35-11-6-23(7-12-35)29(32,33)34/h1-4,16-17,19,23-24H,5-15,18H2/t19-/m0/s1. The topological polar surface area (TPSA) is 32.8 Å². The van der Waals surface area contributed by atoms with E-state index in [9.17, 15) is 18.0 Å². The molecule has 1 atom stereocenters. The summed E-state index contributed by atoms with van der Waals surface area (Å²) < 4.78 is 44.3. The molecule has 0 radical (unpaired) electrons. The van der Waals surface area contributed by atoms with E-state index in [1.807, 2.05) is 24.3 Å². The van der Waals surface area contributed by atoms with Crippen LogP contribution in [0, 0.1) is 11.8 Å². The molecule has 3 fully saturated rings. The Balaban J connectivity index is 1.21. The fourth-order valence-electron chi connectivity index (χ4n) is 6.06. The van der Waals surface area contributed by atoms with Gasteiger partial charge in [-0.05, 0) is 91.9 Å². The summed E-state index contributed by atoms with van der Waals surface area (Å²) in [5.74, 6) is -1.05. The van der Waals surface area contributed by atoms with Crippen molar-refractivity contribution < 1.29 is 22.7 Å². The molecule has 0 aromatic heterocycles. The largest absolute Gasteiger partial charge is 0.391 e. The van der Waals surface area contributed by atoms with Gasteiger partial charge in [-0.25, -0.2) is 0 Å². The minimum atomic E-state index is -4.20. The quantitative estimate of drug-likeness (QED) is 0.385. The first-order valence-electron chi connectivity index (χ1n) is 13.4. The van der Waals surface area contributed by atoms with Gasteiger partial charge in [-0.1, -0.05) is 35.3 Å². The molecule has 206 valence electrons. The van der Waals surface area contributed by atoms with E-state index >= 15 is 0 Å². The molecule has 3 aliphatic heterocycles. The monoisotopic (exact) mass is 568 g/mol. The van der Waals surface area contributed by atoms with Gasteiger partial charge in [0.05, 0.1) is 5.92 Å². The summed E-state index contributed by atoms with van der Waals surface area (Å²) in [6, 6.07) is 11.6. The fourth-order valence-corrected chi connectivity index (χ4v) is 6.70. The van der Waals surface area contributed by atoms with Gasteiger partial charge in [0.25, 0.3) is 5.91 Å². The van der Waals surface area contributed by atoms with E-state index in [0.717, 1.165) is 68.7 Å². The molecule has 38 heavy (non-hydrogen) atoms. The lowest BCUT2D eigenvalue weighted by molar-refractivity contribution is -0.183. The number of hydrogen-bond acceptors (Lipinski definition) is 3. The number of halogens is 5. The van der Waals surface area contributed by atoms with Crippen molar-refractivity contribution in [2.45, 2.75) is 50.7 Å². The lowest BCUT2D eigenvalue weighted by atomic mass is 9.95. The molecule has 0 unspecified atom stereocenters. The van der Waals surface area contributed by atoms with Crippen LogP contribution in [0.15, 0.2) is 36.4 Å². The van der Waals surface area contributed by atoms with E-state index in [-0.39, 0.29) is 31.8 Å². The Kier molecular flexibility index (Phi) is 8.58. The summed E-state index contributed by atoms with van der Waals surface area (Å²) >= 11 is 13.4. The molecule has 3 heterocycles. The number of piperidine rings is 1. The molecule has 2 aromatic carbocycles. The van der Waals surface area contributed by atoms with Crippen molar-refractivity contribution in [3.05, 3.63) is 57.6 Å². The molecule has 0 N–H and O–H groups in total. The number of alkyl halides is 3. The normalized spacial score (nSPS) is 22.2. The van der Waals surface area contributed by atoms with Gasteiger partial charge in [0.1, 0.15) is 0 Å². The molecule has 0 spiro atoms. The van der Waals surface area contributed by atoms with Gasteiger partial charge in [-0.2, -0.15) is 13.2 Å². The maximum atomic E-state index is 12.9. The predicted molar refractivity (Wildman–Crippen MR) is 144 cm³/mol. The summed E-state index contributed by atoms with van der Waals surface area (Å²) in [4.78, 5) is 16.9. The number of carbonyl (C=O) groups is 1. The second-order valence-electron chi connectivity index (χ2n) is 10.8. The number of rotatable bonds is 5. The van der Waals surface area contributed by atoms with Crippen molar-refractivity contribution in [2.24, 2.45) is 11.8 Å². The molecule has 3 saturated heterocycles. The van der Waals surface area contributed by atoms with Crippen LogP contribution in [-0.4, -0.2) is 67.3 Å². The lowest BCUT2D eigenvalue weighted by Gasteiger charge is -2.33. The maximum absolute atomic E-state index is 12.9. The Hall–Kier alpha value is -1.80. The minimum absolute atomic E-state index is 0.0505. The highest BCUT2D eigenvalue weighted by Gasteiger charge is 2.41. The average Bonchev–Trinajstić information content (AvgIpc) is 3.39. The number of hydrogen-bond donors (Lipinski definition) is 0. The van der Waals surface area contributed by atoms with Crippen molar-refractivity contribution in [1.82, 2.24) is 9.80 Å². The van der Waals surface area contributed by atoms with Crippen LogP contribution in [0.2, 0.25) is 10.0 Å². The zero-order valence-electron chi connectivity index (χ0n) is 21.3. The molecule has 0 aliphatic carbocycles. The van der Waals surface area contributed by atoms with Crippen LogP contribution in [0.3, 0.4) is 0 Å². The highest BCUT2D eigenvalue weighted by Crippen LogP contribution is 2.37. The number of benzene rings is 2. The third-order valence-corrected chi connectivity index (χ3v) is 9.04. The molecular formula is C29H33Cl2F3N2O2. The SMILES string of the molecule is O=C(c1ccc(-c2cc(Cl)c(C[C@@H]3CCN(C4CCOCC4)C3)c(Cl)c2)cc1)N1CCC(C(F)(F)F)CC1. The van der Waals surface area contributed by atoms with Crippen LogP contribution in [0.4, 0.5) is 13.2 Å². The Bertz CT molecular complexity index is 1100. The van der Waals surface area contributed by atoms with E-state index in [1.165, 1.54) is 4.90 Å². The summed E-state index contributed by atoms with van der Waals surface area (Å²) in [5, 5.41) is 1.29. The Morgan fingerprint density at radius 3 is 2.13 bits per heavy atom. The number of nitrogens with zero attached hydrogens (tertiary/aromatic N) is 2. The van der Waals surface area contributed by atoms with Gasteiger partial charge < -0.3 is 9.64 Å². The maximum Gasteiger partial charge on any atom is 0.391 e. The molecule has 9 heteroatoms. The fraction of sp³-hybridized carbons (Fsp3) is 0.552. The molecule has 4 nitrogen and oxygen atoms in total. The molecule has 1 amide bonds. The van der Waals surface area contributed by atoms with Gasteiger partial charge >= 0.3 is 6.18 Å². The van der Waals surface area contributed by atoms with E-state index in [0.29, 0.717) is 27.6 Å². The Morgan fingerprint density at radius 2 is 1.53 bits per heavy atom. The van der Waals surface area contributed by atoms with Crippen LogP contribution >= 0.6 is 23.2 Å². The van der Waals surface area contributed by atoms with Gasteiger partial charge in [0, 0.05) is 54.5 Å². The number of likely N-dealkylation sites (tertiary alicyclic amines) is 2. The summed E-state index contributed by atoms with van der Waals surface area (Å²) in [5.41, 5.74) is 3.18. The number of amides is 1. The van der Waals surface area contributed by atoms with Crippen molar-refractivity contribution in [3.8, 4) is 11.1 Å². The van der Waals surface area contributed by atoms with Gasteiger partial charge in [-0.15, -0.1) is 0 Å². The molecule has 0 bridgehead atoms. The van der Waals surface area contributed by atoms with Gasteiger partial charge in [0.2, 0.25) is 0 Å². The highest BCUT2D eigenvalue weighted by atomic mass is 35.5. The third-order valence-electron chi connectivity index (χ3n) is 8.37. The van der Waals surface area contributed by atoms with Crippen molar-refractivity contribution >= 4 is 29.1 Å². The summed E-state index contributed by atoms with van der Waals surface area (Å²) in [7, 11) is 0. The summed E-state index contributed by atoms with van der Waals surface area (Å²) in [6.45, 7) is 4.09. The molecule has 3 aliphatic rings. The minimum Gasteiger partial charge on any atom is -0.381 e. The first kappa shape index (κ1) is 27.8. The van der Waals surface area contributed by atoms with Crippen molar-refractivity contribution in [3.63, 3.8) is 0 Å². The summed E-state index contributed by atoms with van der Waals surface area (Å²) in [6.07, 6.45) is -0.119. The highest BCUT2D eigenvalue weighted by molar-refractivity contribution is 6.36. The van der Waals surface area contributed by atoms with Crippen LogP contribution < -0.4 is 0 Å². The van der Waals surface area contributed by atoms with Crippen molar-refractivity contribution in [1.29, 1.82) is 0 Å². The number of ether oxygens (including phenoxy) is 1. The van der Waals surface area contributed by atoms with Gasteiger partial charge in [0.15, 0.2) is 0 Å². The van der Waals surface area contributed by atoms with E-state index in [4.69, 9.17) is 27.9 Å². The van der Waals surface area contributed by atoms with E-state index in [1.54, 1.807) is 12.1 Å². The van der Waals surface area contributed by atoms with Crippen LogP contribution in [0.25, 0.3) is 11.1 Å². The van der Waals surface area contributed by atoms with E-state index in [2.05, 4.69) is 4.90 Å². The molecule has 2 aromatic rings. The van der Waals surface area contributed by atoms with Crippen molar-refractivity contribution in [2.75, 3.05) is 39.4 Å². The molecule has 5 rings (SSSR count). The van der Waals surface area contributed by atoms with Crippen LogP contribution in [-0.2, 0) is 11.2 Å². The Labute approximate surface area is 232 Å². The van der Waals surface area contributed by atoms with Gasteiger partial charge in [-0.3, -0.25) is 9.69 Å². The lowest BCUT2D eigenvalue weighted by Crippen LogP contribution is -2.42. The molecular weight excluding hydrogens is 536 g/mol. The zero-order valence-corrected chi connectivity index (χ0v) is 22.8. The third kappa shape index (κ3) is 6.33. The second kappa shape index (κ2) is 11.7.